The molecule has 3 heterocycles. The minimum atomic E-state index is 0. The molecule has 7 heteroatoms. The summed E-state index contributed by atoms with van der Waals surface area (Å²) in [5.74, 6) is 0.697. The third kappa shape index (κ3) is 3.43. The van der Waals surface area contributed by atoms with E-state index in [0.717, 1.165) is 34.3 Å². The highest BCUT2D eigenvalue weighted by Crippen LogP contribution is 2.29. The lowest BCUT2D eigenvalue weighted by molar-refractivity contribution is 1.11. The van der Waals surface area contributed by atoms with Gasteiger partial charge in [0.2, 0.25) is 5.78 Å². The average molecular weight is 416 g/mol. The predicted molar refractivity (Wildman–Crippen MR) is 108 cm³/mol. The van der Waals surface area contributed by atoms with Crippen LogP contribution in [0.3, 0.4) is 0 Å². The number of benzene rings is 1. The zero-order valence-corrected chi connectivity index (χ0v) is 16.5. The van der Waals surface area contributed by atoms with Crippen LogP contribution in [0.25, 0.3) is 17.2 Å². The van der Waals surface area contributed by atoms with Crippen molar-refractivity contribution >= 4 is 44.9 Å². The Kier molecular flexibility index (Phi) is 5.15. The Hall–Kier alpha value is -2.25. The largest absolute Gasteiger partial charge is 0.332 e. The molecule has 0 unspecified atom stereocenters. The first-order valence-corrected chi connectivity index (χ1v) is 8.74. The Morgan fingerprint density at radius 1 is 1.16 bits per heavy atom. The van der Waals surface area contributed by atoms with Crippen LogP contribution in [-0.2, 0) is 6.42 Å². The van der Waals surface area contributed by atoms with E-state index in [-0.39, 0.29) is 17.0 Å². The second kappa shape index (κ2) is 7.33. The van der Waals surface area contributed by atoms with Gasteiger partial charge < -0.3 is 5.32 Å². The summed E-state index contributed by atoms with van der Waals surface area (Å²) >= 11 is 1.59. The average Bonchev–Trinajstić information content (AvgIpc) is 3.18. The summed E-state index contributed by atoms with van der Waals surface area (Å²) in [4.78, 5) is 13.5. The van der Waals surface area contributed by atoms with Gasteiger partial charge in [0, 0.05) is 23.5 Å². The molecule has 0 amide bonds. The van der Waals surface area contributed by atoms with Crippen LogP contribution in [0.1, 0.15) is 18.2 Å². The zero-order chi connectivity index (χ0) is 16.5. The summed E-state index contributed by atoms with van der Waals surface area (Å²) < 4.78 is 1.98. The third-order valence-corrected chi connectivity index (χ3v) is 4.70. The summed E-state index contributed by atoms with van der Waals surface area (Å²) in [5.41, 5.74) is 5.20. The maximum atomic E-state index is 4.72. The van der Waals surface area contributed by atoms with Gasteiger partial charge in [0.1, 0.15) is 5.69 Å². The summed E-state index contributed by atoms with van der Waals surface area (Å²) in [6, 6.07) is 10.3. The quantitative estimate of drug-likeness (QED) is 0.506. The van der Waals surface area contributed by atoms with Gasteiger partial charge in [0.15, 0.2) is 5.13 Å². The standard InChI is InChI=1S/C18H17N5S.BrH/c1-3-13-5-7-14(8-6-13)21-18-22-15(11-24-18)16-12(2)20-17-19-9-4-10-23(16)17;/h4-11H,3H2,1-2H3,(H,21,22);1H. The van der Waals surface area contributed by atoms with Crippen molar-refractivity contribution in [2.24, 2.45) is 0 Å². The SMILES string of the molecule is Br.CCc1ccc(Nc2nc(-c3c(C)nc4ncccn34)cs2)cc1. The molecule has 0 aliphatic rings. The van der Waals surface area contributed by atoms with Crippen LogP contribution in [-0.4, -0.2) is 19.4 Å². The predicted octanol–water partition coefficient (Wildman–Crippen LogP) is 5.05. The smallest absolute Gasteiger partial charge is 0.234 e. The molecule has 128 valence electrons. The van der Waals surface area contributed by atoms with Crippen molar-refractivity contribution in [2.45, 2.75) is 20.3 Å². The molecular formula is C18H18BrN5S. The molecule has 0 spiro atoms. The number of nitrogens with zero attached hydrogens (tertiary/aromatic N) is 4. The van der Waals surface area contributed by atoms with Crippen molar-refractivity contribution in [1.29, 1.82) is 0 Å². The molecular weight excluding hydrogens is 398 g/mol. The zero-order valence-electron chi connectivity index (χ0n) is 13.9. The maximum absolute atomic E-state index is 4.72. The van der Waals surface area contributed by atoms with E-state index in [0.29, 0.717) is 5.78 Å². The lowest BCUT2D eigenvalue weighted by Crippen LogP contribution is -1.92. The van der Waals surface area contributed by atoms with Crippen molar-refractivity contribution in [3.8, 4) is 11.4 Å². The number of imidazole rings is 1. The number of thiazole rings is 1. The molecule has 0 aliphatic heterocycles. The van der Waals surface area contributed by atoms with Crippen molar-refractivity contribution in [2.75, 3.05) is 5.32 Å². The lowest BCUT2D eigenvalue weighted by Gasteiger charge is -2.03. The van der Waals surface area contributed by atoms with Gasteiger partial charge in [-0.3, -0.25) is 4.40 Å². The van der Waals surface area contributed by atoms with Crippen LogP contribution in [0.4, 0.5) is 10.8 Å². The molecule has 5 nitrogen and oxygen atoms in total. The number of anilines is 2. The minimum Gasteiger partial charge on any atom is -0.332 e. The van der Waals surface area contributed by atoms with Crippen molar-refractivity contribution < 1.29 is 0 Å². The first-order chi connectivity index (χ1) is 11.7. The highest BCUT2D eigenvalue weighted by atomic mass is 79.9. The normalized spacial score (nSPS) is 10.6. The molecule has 1 N–H and O–H groups in total. The summed E-state index contributed by atoms with van der Waals surface area (Å²) in [5, 5.41) is 6.28. The van der Waals surface area contributed by atoms with E-state index in [1.807, 2.05) is 29.0 Å². The number of fused-ring (bicyclic) bond motifs is 1. The molecule has 3 aromatic heterocycles. The molecule has 4 rings (SSSR count). The second-order valence-corrected chi connectivity index (χ2v) is 6.41. The van der Waals surface area contributed by atoms with Crippen LogP contribution < -0.4 is 5.32 Å². The van der Waals surface area contributed by atoms with Crippen LogP contribution in [0.15, 0.2) is 48.1 Å². The van der Waals surface area contributed by atoms with Gasteiger partial charge >= 0.3 is 0 Å². The number of hydrogen-bond donors (Lipinski definition) is 1. The van der Waals surface area contributed by atoms with E-state index in [4.69, 9.17) is 4.98 Å². The van der Waals surface area contributed by atoms with E-state index in [1.54, 1.807) is 17.5 Å². The fraction of sp³-hybridized carbons (Fsp3) is 0.167. The second-order valence-electron chi connectivity index (χ2n) is 5.55. The summed E-state index contributed by atoms with van der Waals surface area (Å²) in [6.07, 6.45) is 4.76. The Bertz CT molecular complexity index is 990. The minimum absolute atomic E-state index is 0. The number of hydrogen-bond acceptors (Lipinski definition) is 5. The van der Waals surface area contributed by atoms with Crippen molar-refractivity contribution in [3.05, 3.63) is 59.4 Å². The Morgan fingerprint density at radius 3 is 2.72 bits per heavy atom. The van der Waals surface area contributed by atoms with Crippen LogP contribution in [0, 0.1) is 6.92 Å². The summed E-state index contributed by atoms with van der Waals surface area (Å²) in [6.45, 7) is 4.14. The summed E-state index contributed by atoms with van der Waals surface area (Å²) in [7, 11) is 0. The van der Waals surface area contributed by atoms with Gasteiger partial charge in [-0.15, -0.1) is 28.3 Å². The van der Waals surface area contributed by atoms with E-state index in [2.05, 4.69) is 46.5 Å². The Labute approximate surface area is 160 Å². The molecule has 0 bridgehead atoms. The topological polar surface area (TPSA) is 55.1 Å². The van der Waals surface area contributed by atoms with Gasteiger partial charge in [-0.05, 0) is 37.1 Å². The lowest BCUT2D eigenvalue weighted by atomic mass is 10.1. The van der Waals surface area contributed by atoms with Gasteiger partial charge in [-0.2, -0.15) is 0 Å². The molecule has 0 fully saturated rings. The monoisotopic (exact) mass is 415 g/mol. The van der Waals surface area contributed by atoms with Gasteiger partial charge in [0.05, 0.1) is 11.4 Å². The number of halogens is 1. The number of aromatic nitrogens is 4. The van der Waals surface area contributed by atoms with Crippen molar-refractivity contribution in [1.82, 2.24) is 19.4 Å². The highest BCUT2D eigenvalue weighted by molar-refractivity contribution is 8.93. The maximum Gasteiger partial charge on any atom is 0.234 e. The van der Waals surface area contributed by atoms with E-state index >= 15 is 0 Å². The molecule has 0 aliphatic carbocycles. The molecule has 0 atom stereocenters. The fourth-order valence-corrected chi connectivity index (χ4v) is 3.41. The number of aryl methyl sites for hydroxylation is 2. The Morgan fingerprint density at radius 2 is 1.96 bits per heavy atom. The van der Waals surface area contributed by atoms with Gasteiger partial charge in [0.25, 0.3) is 0 Å². The van der Waals surface area contributed by atoms with E-state index in [1.165, 1.54) is 5.56 Å². The first kappa shape index (κ1) is 17.6. The molecule has 0 saturated carbocycles. The molecule has 25 heavy (non-hydrogen) atoms. The fourth-order valence-electron chi connectivity index (χ4n) is 2.69. The number of rotatable bonds is 4. The molecule has 0 saturated heterocycles. The molecule has 1 aromatic carbocycles. The number of nitrogens with one attached hydrogen (secondary N) is 1. The van der Waals surface area contributed by atoms with Gasteiger partial charge in [-0.25, -0.2) is 15.0 Å². The third-order valence-electron chi connectivity index (χ3n) is 3.94. The van der Waals surface area contributed by atoms with E-state index < -0.39 is 0 Å². The van der Waals surface area contributed by atoms with E-state index in [9.17, 15) is 0 Å². The van der Waals surface area contributed by atoms with Crippen LogP contribution in [0.5, 0.6) is 0 Å². The first-order valence-electron chi connectivity index (χ1n) is 7.86. The highest BCUT2D eigenvalue weighted by Gasteiger charge is 2.14. The molecule has 4 aromatic rings. The van der Waals surface area contributed by atoms with Crippen LogP contribution >= 0.6 is 28.3 Å². The van der Waals surface area contributed by atoms with Crippen LogP contribution in [0.2, 0.25) is 0 Å². The van der Waals surface area contributed by atoms with Gasteiger partial charge in [-0.1, -0.05) is 19.1 Å². The Balaban J connectivity index is 0.00000182. The molecule has 0 radical (unpaired) electrons. The van der Waals surface area contributed by atoms with Crippen molar-refractivity contribution in [3.63, 3.8) is 0 Å².